The van der Waals surface area contributed by atoms with E-state index in [0.717, 1.165) is 18.5 Å². The molecule has 0 atom stereocenters. The number of aromatic nitrogens is 2. The summed E-state index contributed by atoms with van der Waals surface area (Å²) in [5.74, 6) is 0.0694. The van der Waals surface area contributed by atoms with Gasteiger partial charge in [-0.1, -0.05) is 24.9 Å². The number of hydrogen-bond donors (Lipinski definition) is 0. The van der Waals surface area contributed by atoms with Gasteiger partial charge in [-0.3, -0.25) is 4.68 Å². The second-order valence-electron chi connectivity index (χ2n) is 3.56. The van der Waals surface area contributed by atoms with Crippen LogP contribution >= 0.6 is 11.6 Å². The maximum absolute atomic E-state index is 11.0. The molecule has 4 nitrogen and oxygen atoms in total. The minimum atomic E-state index is -2.96. The predicted molar refractivity (Wildman–Crippen MR) is 60.9 cm³/mol. The van der Waals surface area contributed by atoms with Crippen LogP contribution in [0.25, 0.3) is 0 Å². The number of nitrogens with zero attached hydrogens (tertiary/aromatic N) is 2. The maximum Gasteiger partial charge on any atom is 0.149 e. The van der Waals surface area contributed by atoms with Gasteiger partial charge in [0.05, 0.1) is 18.0 Å². The molecule has 1 rings (SSSR count). The van der Waals surface area contributed by atoms with Crippen LogP contribution in [0.3, 0.4) is 0 Å². The summed E-state index contributed by atoms with van der Waals surface area (Å²) >= 11 is 5.92. The molecule has 0 fully saturated rings. The third-order valence-electron chi connectivity index (χ3n) is 1.96. The van der Waals surface area contributed by atoms with Gasteiger partial charge in [-0.25, -0.2) is 8.42 Å². The first-order valence-electron chi connectivity index (χ1n) is 4.82. The fourth-order valence-electron chi connectivity index (χ4n) is 1.23. The summed E-state index contributed by atoms with van der Waals surface area (Å²) in [4.78, 5) is 0. The highest BCUT2D eigenvalue weighted by Crippen LogP contribution is 2.12. The lowest BCUT2D eigenvalue weighted by Crippen LogP contribution is -2.12. The van der Waals surface area contributed by atoms with Gasteiger partial charge in [0.25, 0.3) is 0 Å². The van der Waals surface area contributed by atoms with Crippen LogP contribution in [0.1, 0.15) is 19.0 Å². The van der Waals surface area contributed by atoms with Gasteiger partial charge < -0.3 is 0 Å². The molecular formula is C9H15ClN2O2S. The molecule has 1 heterocycles. The zero-order valence-electron chi connectivity index (χ0n) is 8.90. The average molecular weight is 251 g/mol. The average Bonchev–Trinajstić information content (AvgIpc) is 2.42. The molecule has 0 saturated carbocycles. The lowest BCUT2D eigenvalue weighted by atomic mass is 10.3. The van der Waals surface area contributed by atoms with Crippen molar-refractivity contribution in [3.63, 3.8) is 0 Å². The predicted octanol–water partition coefficient (Wildman–Crippen LogP) is 1.53. The van der Waals surface area contributed by atoms with Crippen LogP contribution in [0.2, 0.25) is 5.15 Å². The van der Waals surface area contributed by atoms with Crippen molar-refractivity contribution in [3.8, 4) is 0 Å². The Labute approximate surface area is 95.2 Å². The molecule has 1 aromatic heterocycles. The Morgan fingerprint density at radius 1 is 1.53 bits per heavy atom. The summed E-state index contributed by atoms with van der Waals surface area (Å²) in [5.41, 5.74) is 0.913. The Morgan fingerprint density at radius 2 is 2.20 bits per heavy atom. The molecule has 0 N–H and O–H groups in total. The maximum atomic E-state index is 11.0. The lowest BCUT2D eigenvalue weighted by Gasteiger charge is -2.01. The fraction of sp³-hybridized carbons (Fsp3) is 0.667. The van der Waals surface area contributed by atoms with E-state index in [1.165, 1.54) is 10.9 Å². The highest BCUT2D eigenvalue weighted by Gasteiger charge is 2.08. The smallest absolute Gasteiger partial charge is 0.149 e. The highest BCUT2D eigenvalue weighted by molar-refractivity contribution is 7.90. The third kappa shape index (κ3) is 4.22. The molecule has 0 bridgehead atoms. The molecule has 15 heavy (non-hydrogen) atoms. The normalized spacial score (nSPS) is 11.9. The first-order chi connectivity index (χ1) is 6.92. The number of sulfone groups is 1. The van der Waals surface area contributed by atoms with Crippen LogP contribution in [-0.4, -0.2) is 30.2 Å². The molecule has 0 amide bonds. The van der Waals surface area contributed by atoms with Gasteiger partial charge in [-0.2, -0.15) is 5.10 Å². The van der Waals surface area contributed by atoms with Crippen molar-refractivity contribution >= 4 is 21.4 Å². The first kappa shape index (κ1) is 12.5. The Kier molecular flexibility index (Phi) is 4.16. The molecule has 0 aromatic carbocycles. The van der Waals surface area contributed by atoms with Gasteiger partial charge in [-0.15, -0.1) is 0 Å². The molecule has 1 aromatic rings. The van der Waals surface area contributed by atoms with E-state index in [-0.39, 0.29) is 5.75 Å². The quantitative estimate of drug-likeness (QED) is 0.797. The Bertz CT molecular complexity index is 425. The van der Waals surface area contributed by atoms with E-state index in [0.29, 0.717) is 11.7 Å². The summed E-state index contributed by atoms with van der Waals surface area (Å²) in [6, 6.07) is 1.79. The molecule has 0 unspecified atom stereocenters. The number of halogens is 1. The largest absolute Gasteiger partial charge is 0.253 e. The van der Waals surface area contributed by atoms with E-state index < -0.39 is 9.84 Å². The molecular weight excluding hydrogens is 236 g/mol. The minimum absolute atomic E-state index is 0.0694. The molecule has 0 aliphatic heterocycles. The van der Waals surface area contributed by atoms with Gasteiger partial charge in [-0.05, 0) is 12.5 Å². The van der Waals surface area contributed by atoms with E-state index in [9.17, 15) is 8.42 Å². The summed E-state index contributed by atoms with van der Waals surface area (Å²) in [6.45, 7) is 2.38. The zero-order chi connectivity index (χ0) is 11.5. The van der Waals surface area contributed by atoms with Crippen molar-refractivity contribution in [1.29, 1.82) is 0 Å². The van der Waals surface area contributed by atoms with Crippen LogP contribution < -0.4 is 0 Å². The summed E-state index contributed by atoms with van der Waals surface area (Å²) in [5, 5.41) is 4.72. The molecule has 0 spiro atoms. The van der Waals surface area contributed by atoms with Crippen LogP contribution in [0.15, 0.2) is 6.07 Å². The molecule has 6 heteroatoms. The van der Waals surface area contributed by atoms with Gasteiger partial charge in [0.1, 0.15) is 15.0 Å². The summed E-state index contributed by atoms with van der Waals surface area (Å²) in [7, 11) is -2.96. The number of aryl methyl sites for hydroxylation is 2. The second kappa shape index (κ2) is 4.99. The molecule has 0 aliphatic rings. The topological polar surface area (TPSA) is 52.0 Å². The third-order valence-corrected chi connectivity index (χ3v) is 3.19. The number of rotatable bonds is 5. The lowest BCUT2D eigenvalue weighted by molar-refractivity contribution is 0.584. The zero-order valence-corrected chi connectivity index (χ0v) is 10.5. The van der Waals surface area contributed by atoms with Crippen LogP contribution in [0, 0.1) is 0 Å². The van der Waals surface area contributed by atoms with Gasteiger partial charge >= 0.3 is 0 Å². The van der Waals surface area contributed by atoms with E-state index in [4.69, 9.17) is 11.6 Å². The van der Waals surface area contributed by atoms with Gasteiger partial charge in [0, 0.05) is 6.26 Å². The summed E-state index contributed by atoms with van der Waals surface area (Å²) in [6.07, 6.45) is 3.07. The first-order valence-corrected chi connectivity index (χ1v) is 7.26. The monoisotopic (exact) mass is 250 g/mol. The highest BCUT2D eigenvalue weighted by atomic mass is 35.5. The van der Waals surface area contributed by atoms with E-state index >= 15 is 0 Å². The van der Waals surface area contributed by atoms with Crippen LogP contribution in [-0.2, 0) is 22.8 Å². The van der Waals surface area contributed by atoms with Crippen molar-refractivity contribution < 1.29 is 8.42 Å². The second-order valence-corrected chi connectivity index (χ2v) is 6.21. The molecule has 86 valence electrons. The van der Waals surface area contributed by atoms with Crippen molar-refractivity contribution in [2.24, 2.45) is 0 Å². The summed E-state index contributed by atoms with van der Waals surface area (Å²) < 4.78 is 23.5. The SMILES string of the molecule is CCCc1cc(Cl)n(CCS(C)(=O)=O)n1. The van der Waals surface area contributed by atoms with E-state index in [2.05, 4.69) is 12.0 Å². The molecule has 0 aliphatic carbocycles. The van der Waals surface area contributed by atoms with Crippen LogP contribution in [0.4, 0.5) is 0 Å². The van der Waals surface area contributed by atoms with Crippen molar-refractivity contribution in [1.82, 2.24) is 9.78 Å². The van der Waals surface area contributed by atoms with Crippen molar-refractivity contribution in [2.45, 2.75) is 26.3 Å². The standard InChI is InChI=1S/C9H15ClN2O2S/c1-3-4-8-7-9(10)12(11-8)5-6-15(2,13)14/h7H,3-6H2,1-2H3. The van der Waals surface area contributed by atoms with Gasteiger partial charge in [0.15, 0.2) is 0 Å². The van der Waals surface area contributed by atoms with Crippen molar-refractivity contribution in [3.05, 3.63) is 16.9 Å². The van der Waals surface area contributed by atoms with E-state index in [1.54, 1.807) is 6.07 Å². The molecule has 0 saturated heterocycles. The Balaban J connectivity index is 2.69. The molecule has 0 radical (unpaired) electrons. The van der Waals surface area contributed by atoms with E-state index in [1.807, 2.05) is 0 Å². The number of hydrogen-bond acceptors (Lipinski definition) is 3. The van der Waals surface area contributed by atoms with Crippen LogP contribution in [0.5, 0.6) is 0 Å². The Hall–Kier alpha value is -0.550. The van der Waals surface area contributed by atoms with Crippen molar-refractivity contribution in [2.75, 3.05) is 12.0 Å². The minimum Gasteiger partial charge on any atom is -0.253 e. The van der Waals surface area contributed by atoms with Gasteiger partial charge in [0.2, 0.25) is 0 Å². The fourth-order valence-corrected chi connectivity index (χ4v) is 1.98. The Morgan fingerprint density at radius 3 is 2.73 bits per heavy atom.